The number of hydrogen-bond donors (Lipinski definition) is 1. The maximum atomic E-state index is 12.4. The van der Waals surface area contributed by atoms with Gasteiger partial charge in [0.2, 0.25) is 0 Å². The summed E-state index contributed by atoms with van der Waals surface area (Å²) in [5.41, 5.74) is 4.89. The number of alkyl halides is 3. The van der Waals surface area contributed by atoms with E-state index < -0.39 is 12.6 Å². The van der Waals surface area contributed by atoms with Gasteiger partial charge in [0.25, 0.3) is 5.56 Å². The van der Waals surface area contributed by atoms with E-state index in [1.807, 2.05) is 31.3 Å². The van der Waals surface area contributed by atoms with Crippen LogP contribution in [0.15, 0.2) is 35.3 Å². The molecule has 0 bridgehead atoms. The minimum Gasteiger partial charge on any atom is -0.490 e. The summed E-state index contributed by atoms with van der Waals surface area (Å²) < 4.78 is 45.1. The fourth-order valence-electron chi connectivity index (χ4n) is 5.05. The van der Waals surface area contributed by atoms with Gasteiger partial charge in [-0.3, -0.25) is 4.79 Å². The third-order valence-electron chi connectivity index (χ3n) is 6.81. The highest BCUT2D eigenvalue weighted by Crippen LogP contribution is 2.37. The molecule has 5 nitrogen and oxygen atoms in total. The summed E-state index contributed by atoms with van der Waals surface area (Å²) in [6.07, 6.45) is -1.13. The van der Waals surface area contributed by atoms with Crippen molar-refractivity contribution in [3.63, 3.8) is 0 Å². The molecule has 0 amide bonds. The number of nitrogens with zero attached hydrogens (tertiary/aromatic N) is 2. The van der Waals surface area contributed by atoms with Crippen LogP contribution in [0.5, 0.6) is 5.75 Å². The van der Waals surface area contributed by atoms with E-state index in [1.165, 1.54) is 5.56 Å². The van der Waals surface area contributed by atoms with Crippen molar-refractivity contribution in [2.24, 2.45) is 7.05 Å². The van der Waals surface area contributed by atoms with E-state index in [0.29, 0.717) is 12.1 Å². The number of nitrogens with one attached hydrogen (secondary N) is 1. The molecule has 3 aromatic rings. The molecule has 35 heavy (non-hydrogen) atoms. The van der Waals surface area contributed by atoms with Crippen LogP contribution in [0.1, 0.15) is 56.6 Å². The van der Waals surface area contributed by atoms with Crippen molar-refractivity contribution < 1.29 is 17.9 Å². The van der Waals surface area contributed by atoms with Crippen LogP contribution in [0.4, 0.5) is 13.2 Å². The summed E-state index contributed by atoms with van der Waals surface area (Å²) in [4.78, 5) is 17.8. The van der Waals surface area contributed by atoms with Crippen LogP contribution in [-0.4, -0.2) is 46.4 Å². The number of likely N-dealkylation sites (tertiary alicyclic amines) is 1. The molecule has 190 valence electrons. The summed E-state index contributed by atoms with van der Waals surface area (Å²) in [5.74, 6) is 1.06. The van der Waals surface area contributed by atoms with Gasteiger partial charge in [-0.05, 0) is 68.5 Å². The molecule has 1 saturated heterocycles. The topological polar surface area (TPSA) is 50.3 Å². The van der Waals surface area contributed by atoms with Gasteiger partial charge in [-0.25, -0.2) is 0 Å². The van der Waals surface area contributed by atoms with Crippen LogP contribution in [0, 0.1) is 6.92 Å². The largest absolute Gasteiger partial charge is 0.490 e. The van der Waals surface area contributed by atoms with Crippen molar-refractivity contribution in [1.82, 2.24) is 14.5 Å². The molecule has 2 aromatic heterocycles. The van der Waals surface area contributed by atoms with Crippen molar-refractivity contribution in [2.75, 3.05) is 19.6 Å². The summed E-state index contributed by atoms with van der Waals surface area (Å²) in [5, 5.41) is 1.10. The van der Waals surface area contributed by atoms with Crippen molar-refractivity contribution in [3.05, 3.63) is 51.9 Å². The molecular formula is C27H34F3N3O2. The number of rotatable bonds is 7. The second-order valence-electron chi connectivity index (χ2n) is 9.98. The molecule has 4 rings (SSSR count). The van der Waals surface area contributed by atoms with Gasteiger partial charge in [0.05, 0.1) is 5.69 Å². The van der Waals surface area contributed by atoms with Crippen LogP contribution in [-0.2, 0) is 7.05 Å². The third kappa shape index (κ3) is 5.92. The highest BCUT2D eigenvalue weighted by Gasteiger charge is 2.27. The van der Waals surface area contributed by atoms with Gasteiger partial charge < -0.3 is 19.2 Å². The van der Waals surface area contributed by atoms with Gasteiger partial charge in [-0.15, -0.1) is 0 Å². The first-order chi connectivity index (χ1) is 16.5. The molecular weight excluding hydrogens is 455 g/mol. The Hall–Kier alpha value is -2.74. The lowest BCUT2D eigenvalue weighted by Crippen LogP contribution is -2.38. The number of H-pyrrole nitrogens is 1. The van der Waals surface area contributed by atoms with E-state index in [0.717, 1.165) is 53.8 Å². The summed E-state index contributed by atoms with van der Waals surface area (Å²) in [6, 6.07) is 8.00. The Morgan fingerprint density at radius 2 is 1.89 bits per heavy atom. The number of benzene rings is 1. The Morgan fingerprint density at radius 3 is 2.51 bits per heavy atom. The van der Waals surface area contributed by atoms with Crippen LogP contribution in [0.3, 0.4) is 0 Å². The molecule has 1 aliphatic rings. The van der Waals surface area contributed by atoms with E-state index >= 15 is 0 Å². The van der Waals surface area contributed by atoms with Crippen molar-refractivity contribution in [2.45, 2.75) is 64.7 Å². The van der Waals surface area contributed by atoms with Crippen molar-refractivity contribution in [1.29, 1.82) is 0 Å². The lowest BCUT2D eigenvalue weighted by Gasteiger charge is -2.32. The molecule has 0 radical (unpaired) electrons. The predicted molar refractivity (Wildman–Crippen MR) is 133 cm³/mol. The number of fused-ring (bicyclic) bond motifs is 1. The molecule has 8 heteroatoms. The lowest BCUT2D eigenvalue weighted by atomic mass is 9.96. The highest BCUT2D eigenvalue weighted by atomic mass is 19.4. The third-order valence-corrected chi connectivity index (χ3v) is 6.81. The first-order valence-electron chi connectivity index (χ1n) is 12.3. The van der Waals surface area contributed by atoms with Crippen LogP contribution < -0.4 is 10.3 Å². The van der Waals surface area contributed by atoms with Crippen LogP contribution >= 0.6 is 0 Å². The van der Waals surface area contributed by atoms with Gasteiger partial charge in [0, 0.05) is 54.8 Å². The molecule has 0 spiro atoms. The van der Waals surface area contributed by atoms with Gasteiger partial charge in [-0.2, -0.15) is 13.2 Å². The molecule has 3 heterocycles. The fraction of sp³-hybridized carbons (Fsp3) is 0.519. The molecule has 1 fully saturated rings. The Kier molecular flexibility index (Phi) is 7.31. The average Bonchev–Trinajstić information content (AvgIpc) is 3.16. The second kappa shape index (κ2) is 10.1. The van der Waals surface area contributed by atoms with E-state index in [-0.39, 0.29) is 24.0 Å². The van der Waals surface area contributed by atoms with Crippen LogP contribution in [0.2, 0.25) is 0 Å². The molecule has 0 saturated carbocycles. The summed E-state index contributed by atoms with van der Waals surface area (Å²) >= 11 is 0. The van der Waals surface area contributed by atoms with E-state index in [2.05, 4.69) is 29.8 Å². The van der Waals surface area contributed by atoms with Crippen molar-refractivity contribution in [3.8, 4) is 17.0 Å². The van der Waals surface area contributed by atoms with E-state index in [4.69, 9.17) is 4.74 Å². The zero-order valence-electron chi connectivity index (χ0n) is 20.8. The lowest BCUT2D eigenvalue weighted by molar-refractivity contribution is -0.136. The Balaban J connectivity index is 1.49. The molecule has 1 N–H and O–H groups in total. The number of aromatic nitrogens is 2. The minimum atomic E-state index is -4.08. The van der Waals surface area contributed by atoms with Crippen LogP contribution in [0.25, 0.3) is 22.2 Å². The van der Waals surface area contributed by atoms with Gasteiger partial charge in [-0.1, -0.05) is 13.8 Å². The average molecular weight is 490 g/mol. The SMILES string of the molecule is Cc1cc(-c2[nH]c3ccc(OC4CCN(CCCC(F)(F)F)CC4)cc3c2C(C)C)cn(C)c1=O. The molecule has 0 aliphatic carbocycles. The monoisotopic (exact) mass is 489 g/mol. The standard InChI is InChI=1S/C27H34F3N3O2/c1-17(2)24-22-15-21(35-20-8-12-33(13-9-20)11-5-10-27(28,29)30)6-7-23(22)31-25(24)19-14-18(3)26(34)32(4)16-19/h6-7,14-17,20,31H,5,8-13H2,1-4H3. The summed E-state index contributed by atoms with van der Waals surface area (Å²) in [7, 11) is 1.77. The Labute approximate surface area is 203 Å². The maximum Gasteiger partial charge on any atom is 0.389 e. The zero-order chi connectivity index (χ0) is 25.3. The normalized spacial score (nSPS) is 15.9. The van der Waals surface area contributed by atoms with E-state index in [1.54, 1.807) is 11.6 Å². The predicted octanol–water partition coefficient (Wildman–Crippen LogP) is 6.15. The Bertz CT molecular complexity index is 1210. The van der Waals surface area contributed by atoms with Gasteiger partial charge in [0.1, 0.15) is 11.9 Å². The molecule has 1 aromatic carbocycles. The summed E-state index contributed by atoms with van der Waals surface area (Å²) in [6.45, 7) is 8.13. The molecule has 0 unspecified atom stereocenters. The first kappa shape index (κ1) is 25.4. The van der Waals surface area contributed by atoms with Crippen molar-refractivity contribution >= 4 is 10.9 Å². The number of ether oxygens (including phenoxy) is 1. The van der Waals surface area contributed by atoms with Gasteiger partial charge >= 0.3 is 6.18 Å². The number of pyridine rings is 1. The fourth-order valence-corrected chi connectivity index (χ4v) is 5.05. The van der Waals surface area contributed by atoms with E-state index in [9.17, 15) is 18.0 Å². The second-order valence-corrected chi connectivity index (χ2v) is 9.98. The number of halogens is 3. The molecule has 1 aliphatic heterocycles. The molecule has 0 atom stereocenters. The number of piperidine rings is 1. The number of aryl methyl sites for hydroxylation is 2. The quantitative estimate of drug-likeness (QED) is 0.433. The minimum absolute atomic E-state index is 0.00181. The smallest absolute Gasteiger partial charge is 0.389 e. The highest BCUT2D eigenvalue weighted by molar-refractivity contribution is 5.92. The van der Waals surface area contributed by atoms with Gasteiger partial charge in [0.15, 0.2) is 0 Å². The number of hydrogen-bond acceptors (Lipinski definition) is 3. The maximum absolute atomic E-state index is 12.4. The number of aromatic amines is 1. The zero-order valence-corrected chi connectivity index (χ0v) is 20.8. The first-order valence-corrected chi connectivity index (χ1v) is 12.3. The Morgan fingerprint density at radius 1 is 1.17 bits per heavy atom.